The van der Waals surface area contributed by atoms with E-state index in [0.717, 1.165) is 22.8 Å². The fourth-order valence-corrected chi connectivity index (χ4v) is 2.77. The van der Waals surface area contributed by atoms with Crippen molar-refractivity contribution in [2.75, 3.05) is 0 Å². The highest BCUT2D eigenvalue weighted by Gasteiger charge is 2.28. The number of aromatic amines is 1. The monoisotopic (exact) mass is 292 g/mol. The summed E-state index contributed by atoms with van der Waals surface area (Å²) in [6.45, 7) is 9.94. The summed E-state index contributed by atoms with van der Waals surface area (Å²) in [6, 6.07) is 1.78. The summed E-state index contributed by atoms with van der Waals surface area (Å²) in [6.07, 6.45) is 0.828. The van der Waals surface area contributed by atoms with Crippen molar-refractivity contribution in [3.05, 3.63) is 33.0 Å². The van der Waals surface area contributed by atoms with Crippen molar-refractivity contribution in [3.8, 4) is 0 Å². The molecule has 0 unspecified atom stereocenters. The number of amides is 1. The molecule has 2 aromatic rings. The fraction of sp³-hybridized carbons (Fsp3) is 0.500. The van der Waals surface area contributed by atoms with Crippen LogP contribution in [0.1, 0.15) is 52.5 Å². The molecule has 0 saturated heterocycles. The molecule has 2 N–H and O–H groups in total. The van der Waals surface area contributed by atoms with E-state index in [2.05, 4.69) is 20.5 Å². The minimum atomic E-state index is -0.508. The normalized spacial score (nSPS) is 11.7. The second kappa shape index (κ2) is 5.36. The largest absolute Gasteiger partial charge is 0.339 e. The van der Waals surface area contributed by atoms with Crippen LogP contribution < -0.4 is 5.32 Å². The molecule has 2 heterocycles. The second-order valence-corrected chi connectivity index (χ2v) is 6.57. The number of aromatic nitrogens is 3. The molecule has 0 radical (unpaired) electrons. The Kier molecular flexibility index (Phi) is 3.94. The van der Waals surface area contributed by atoms with Gasteiger partial charge in [-0.3, -0.25) is 9.89 Å². The Labute approximate surface area is 122 Å². The number of thiazole rings is 1. The summed E-state index contributed by atoms with van der Waals surface area (Å²) in [5.74, 6) is -0.184. The maximum absolute atomic E-state index is 12.2. The third kappa shape index (κ3) is 2.90. The van der Waals surface area contributed by atoms with Crippen LogP contribution in [0, 0.1) is 13.8 Å². The third-order valence-electron chi connectivity index (χ3n) is 3.23. The molecule has 0 aliphatic carbocycles. The number of hydrogen-bond donors (Lipinski definition) is 2. The quantitative estimate of drug-likeness (QED) is 0.910. The van der Waals surface area contributed by atoms with Crippen molar-refractivity contribution >= 4 is 17.2 Å². The lowest BCUT2D eigenvalue weighted by atomic mass is 10.1. The summed E-state index contributed by atoms with van der Waals surface area (Å²) in [7, 11) is 0. The van der Waals surface area contributed by atoms with Crippen LogP contribution >= 0.6 is 11.3 Å². The molecule has 108 valence electrons. The molecule has 5 nitrogen and oxygen atoms in total. The van der Waals surface area contributed by atoms with Gasteiger partial charge in [0.2, 0.25) is 0 Å². The molecular weight excluding hydrogens is 272 g/mol. The minimum Gasteiger partial charge on any atom is -0.339 e. The lowest BCUT2D eigenvalue weighted by Gasteiger charge is -2.23. The first-order chi connectivity index (χ1) is 9.33. The summed E-state index contributed by atoms with van der Waals surface area (Å²) in [5.41, 5.74) is 1.88. The smallest absolute Gasteiger partial charge is 0.272 e. The molecule has 20 heavy (non-hydrogen) atoms. The highest BCUT2D eigenvalue weighted by molar-refractivity contribution is 7.11. The van der Waals surface area contributed by atoms with E-state index in [-0.39, 0.29) is 5.91 Å². The van der Waals surface area contributed by atoms with Gasteiger partial charge in [-0.2, -0.15) is 5.10 Å². The Morgan fingerprint density at radius 2 is 2.15 bits per heavy atom. The molecule has 0 spiro atoms. The summed E-state index contributed by atoms with van der Waals surface area (Å²) in [4.78, 5) is 17.9. The molecule has 0 fully saturated rings. The molecule has 0 aromatic carbocycles. The molecule has 0 bridgehead atoms. The van der Waals surface area contributed by atoms with Crippen LogP contribution in [-0.2, 0) is 12.0 Å². The van der Waals surface area contributed by atoms with Crippen LogP contribution in [0.2, 0.25) is 0 Å². The van der Waals surface area contributed by atoms with Crippen LogP contribution in [-0.4, -0.2) is 21.1 Å². The van der Waals surface area contributed by atoms with E-state index < -0.39 is 5.54 Å². The molecule has 2 aromatic heterocycles. The van der Waals surface area contributed by atoms with Gasteiger partial charge in [0.15, 0.2) is 0 Å². The standard InChI is InChI=1S/C14H20N4OS/c1-6-10-7-11(18-17-10)12(19)16-14(4,5)13-15-8(2)9(3)20-13/h7H,6H2,1-5H3,(H,16,19)(H,17,18). The number of rotatable bonds is 4. The number of aryl methyl sites for hydroxylation is 3. The Balaban J connectivity index is 2.16. The molecule has 0 aliphatic heterocycles. The van der Waals surface area contributed by atoms with E-state index in [4.69, 9.17) is 0 Å². The molecule has 0 aliphatic rings. The molecule has 6 heteroatoms. The van der Waals surface area contributed by atoms with Gasteiger partial charge in [-0.15, -0.1) is 11.3 Å². The van der Waals surface area contributed by atoms with Crippen molar-refractivity contribution in [1.82, 2.24) is 20.5 Å². The van der Waals surface area contributed by atoms with E-state index in [1.807, 2.05) is 34.6 Å². The maximum atomic E-state index is 12.2. The highest BCUT2D eigenvalue weighted by Crippen LogP contribution is 2.27. The molecule has 2 rings (SSSR count). The number of carbonyl (C=O) groups is 1. The van der Waals surface area contributed by atoms with Crippen LogP contribution in [0.15, 0.2) is 6.07 Å². The van der Waals surface area contributed by atoms with Crippen molar-refractivity contribution in [3.63, 3.8) is 0 Å². The first kappa shape index (κ1) is 14.7. The average molecular weight is 292 g/mol. The number of carbonyl (C=O) groups excluding carboxylic acids is 1. The number of nitrogens with zero attached hydrogens (tertiary/aromatic N) is 2. The van der Waals surface area contributed by atoms with Gasteiger partial charge < -0.3 is 5.32 Å². The Bertz CT molecular complexity index is 607. The van der Waals surface area contributed by atoms with Crippen LogP contribution in [0.25, 0.3) is 0 Å². The van der Waals surface area contributed by atoms with Crippen LogP contribution in [0.4, 0.5) is 0 Å². The average Bonchev–Trinajstić information content (AvgIpc) is 2.97. The predicted octanol–water partition coefficient (Wildman–Crippen LogP) is 2.71. The van der Waals surface area contributed by atoms with Gasteiger partial charge >= 0.3 is 0 Å². The highest BCUT2D eigenvalue weighted by atomic mass is 32.1. The lowest BCUT2D eigenvalue weighted by molar-refractivity contribution is 0.0906. The van der Waals surface area contributed by atoms with Crippen LogP contribution in [0.5, 0.6) is 0 Å². The minimum absolute atomic E-state index is 0.184. The van der Waals surface area contributed by atoms with Gasteiger partial charge in [-0.05, 0) is 40.2 Å². The Morgan fingerprint density at radius 3 is 2.65 bits per heavy atom. The second-order valence-electron chi connectivity index (χ2n) is 5.37. The van der Waals surface area contributed by atoms with E-state index in [0.29, 0.717) is 5.69 Å². The zero-order valence-electron chi connectivity index (χ0n) is 12.5. The summed E-state index contributed by atoms with van der Waals surface area (Å²) < 4.78 is 0. The van der Waals surface area contributed by atoms with Gasteiger partial charge in [0, 0.05) is 10.6 Å². The molecule has 0 saturated carbocycles. The van der Waals surface area contributed by atoms with E-state index in [1.54, 1.807) is 17.4 Å². The van der Waals surface area contributed by atoms with Gasteiger partial charge in [0.05, 0.1) is 11.2 Å². The van der Waals surface area contributed by atoms with Crippen molar-refractivity contribution in [2.24, 2.45) is 0 Å². The van der Waals surface area contributed by atoms with Crippen molar-refractivity contribution < 1.29 is 4.79 Å². The van der Waals surface area contributed by atoms with Gasteiger partial charge in [0.25, 0.3) is 5.91 Å². The number of hydrogen-bond acceptors (Lipinski definition) is 4. The van der Waals surface area contributed by atoms with E-state index in [9.17, 15) is 4.79 Å². The molecular formula is C14H20N4OS. The lowest BCUT2D eigenvalue weighted by Crippen LogP contribution is -2.41. The number of H-pyrrole nitrogens is 1. The topological polar surface area (TPSA) is 70.7 Å². The van der Waals surface area contributed by atoms with Gasteiger partial charge in [-0.1, -0.05) is 6.92 Å². The summed E-state index contributed by atoms with van der Waals surface area (Å²) in [5, 5.41) is 10.8. The van der Waals surface area contributed by atoms with E-state index in [1.165, 1.54) is 4.88 Å². The van der Waals surface area contributed by atoms with Gasteiger partial charge in [-0.25, -0.2) is 4.98 Å². The van der Waals surface area contributed by atoms with Crippen LogP contribution in [0.3, 0.4) is 0 Å². The van der Waals surface area contributed by atoms with E-state index >= 15 is 0 Å². The predicted molar refractivity (Wildman–Crippen MR) is 80.0 cm³/mol. The first-order valence-corrected chi connectivity index (χ1v) is 7.46. The van der Waals surface area contributed by atoms with Crippen molar-refractivity contribution in [2.45, 2.75) is 46.6 Å². The Morgan fingerprint density at radius 1 is 1.45 bits per heavy atom. The molecule has 1 amide bonds. The van der Waals surface area contributed by atoms with Crippen molar-refractivity contribution in [1.29, 1.82) is 0 Å². The molecule has 0 atom stereocenters. The Hall–Kier alpha value is -1.69. The zero-order valence-corrected chi connectivity index (χ0v) is 13.3. The maximum Gasteiger partial charge on any atom is 0.272 e. The number of nitrogens with one attached hydrogen (secondary N) is 2. The first-order valence-electron chi connectivity index (χ1n) is 6.64. The summed E-state index contributed by atoms with van der Waals surface area (Å²) >= 11 is 1.61. The third-order valence-corrected chi connectivity index (χ3v) is 4.63. The van der Waals surface area contributed by atoms with Gasteiger partial charge in [0.1, 0.15) is 10.7 Å². The zero-order chi connectivity index (χ0) is 14.9. The SMILES string of the molecule is CCc1cc(C(=O)NC(C)(C)c2nc(C)c(C)s2)n[nH]1. The fourth-order valence-electron chi connectivity index (χ4n) is 1.80.